The molecule has 0 bridgehead atoms. The van der Waals surface area contributed by atoms with Crippen LogP contribution >= 0.6 is 0 Å². The third-order valence-corrected chi connectivity index (χ3v) is 7.83. The first-order chi connectivity index (χ1) is 16.2. The Labute approximate surface area is 204 Å². The van der Waals surface area contributed by atoms with Crippen LogP contribution < -0.4 is 20.1 Å². The van der Waals surface area contributed by atoms with E-state index in [1.54, 1.807) is 14.2 Å². The van der Waals surface area contributed by atoms with Crippen LogP contribution in [-0.2, 0) is 10.8 Å². The molecule has 1 saturated heterocycles. The van der Waals surface area contributed by atoms with Crippen LogP contribution in [0.2, 0.25) is 0 Å². The van der Waals surface area contributed by atoms with Gasteiger partial charge in [-0.05, 0) is 80.1 Å². The summed E-state index contributed by atoms with van der Waals surface area (Å²) in [5.41, 5.74) is 3.55. The molecule has 4 rings (SSSR count). The maximum Gasteiger partial charge on any atom is 0.319 e. The molecule has 6 heteroatoms. The van der Waals surface area contributed by atoms with Crippen LogP contribution in [0.25, 0.3) is 0 Å². The van der Waals surface area contributed by atoms with E-state index in [0.717, 1.165) is 49.4 Å². The van der Waals surface area contributed by atoms with E-state index in [0.29, 0.717) is 6.04 Å². The third-order valence-electron chi connectivity index (χ3n) is 7.83. The number of amides is 2. The van der Waals surface area contributed by atoms with Crippen LogP contribution in [-0.4, -0.2) is 50.8 Å². The topological polar surface area (TPSA) is 62.8 Å². The fourth-order valence-corrected chi connectivity index (χ4v) is 5.80. The van der Waals surface area contributed by atoms with Crippen LogP contribution in [0.5, 0.6) is 11.5 Å². The van der Waals surface area contributed by atoms with Gasteiger partial charge in [-0.1, -0.05) is 39.0 Å². The minimum Gasteiger partial charge on any atom is -0.493 e. The molecule has 0 aromatic heterocycles. The van der Waals surface area contributed by atoms with Gasteiger partial charge in [0.1, 0.15) is 0 Å². The largest absolute Gasteiger partial charge is 0.493 e. The summed E-state index contributed by atoms with van der Waals surface area (Å²) >= 11 is 0. The van der Waals surface area contributed by atoms with E-state index in [1.165, 1.54) is 11.1 Å². The molecule has 0 spiro atoms. The lowest BCUT2D eigenvalue weighted by atomic mass is 9.65. The number of methoxy groups -OCH3 is 2. The highest BCUT2D eigenvalue weighted by Gasteiger charge is 2.50. The number of nitrogens with zero attached hydrogens (tertiary/aromatic N) is 1. The molecule has 2 N–H and O–H groups in total. The fraction of sp³-hybridized carbons (Fsp3) is 0.536. The van der Waals surface area contributed by atoms with E-state index in [4.69, 9.17) is 9.47 Å². The molecule has 2 amide bonds. The minimum atomic E-state index is -0.132. The Balaban J connectivity index is 1.43. The zero-order valence-electron chi connectivity index (χ0n) is 21.4. The zero-order chi connectivity index (χ0) is 24.5. The van der Waals surface area contributed by atoms with Gasteiger partial charge in [-0.25, -0.2) is 4.79 Å². The van der Waals surface area contributed by atoms with Crippen LogP contribution in [0.15, 0.2) is 42.5 Å². The second kappa shape index (κ2) is 9.49. The molecule has 3 atom stereocenters. The molecular weight excluding hydrogens is 426 g/mol. The summed E-state index contributed by atoms with van der Waals surface area (Å²) in [6.07, 6.45) is 4.03. The normalized spacial score (nSPS) is 24.9. The molecule has 0 radical (unpaired) electrons. The van der Waals surface area contributed by atoms with Gasteiger partial charge in [-0.15, -0.1) is 0 Å². The molecule has 2 fully saturated rings. The van der Waals surface area contributed by atoms with Gasteiger partial charge in [0.25, 0.3) is 0 Å². The van der Waals surface area contributed by atoms with Crippen molar-refractivity contribution in [2.45, 2.75) is 69.4 Å². The Kier molecular flexibility index (Phi) is 6.81. The zero-order valence-corrected chi connectivity index (χ0v) is 21.4. The number of anilines is 1. The highest BCUT2D eigenvalue weighted by Crippen LogP contribution is 2.49. The van der Waals surface area contributed by atoms with Gasteiger partial charge in [0.05, 0.1) is 14.2 Å². The second-order valence-corrected chi connectivity index (χ2v) is 10.9. The van der Waals surface area contributed by atoms with Gasteiger partial charge >= 0.3 is 6.03 Å². The van der Waals surface area contributed by atoms with Crippen molar-refractivity contribution in [3.63, 3.8) is 0 Å². The lowest BCUT2D eigenvalue weighted by Gasteiger charge is -2.45. The predicted octanol–water partition coefficient (Wildman–Crippen LogP) is 5.32. The van der Waals surface area contributed by atoms with E-state index in [-0.39, 0.29) is 22.9 Å². The van der Waals surface area contributed by atoms with Crippen LogP contribution in [0.4, 0.5) is 10.5 Å². The van der Waals surface area contributed by atoms with Crippen LogP contribution in [0, 0.1) is 0 Å². The van der Waals surface area contributed by atoms with Gasteiger partial charge < -0.3 is 25.0 Å². The smallest absolute Gasteiger partial charge is 0.319 e. The maximum absolute atomic E-state index is 12.8. The lowest BCUT2D eigenvalue weighted by Crippen LogP contribution is -2.52. The summed E-state index contributed by atoms with van der Waals surface area (Å²) in [5, 5.41) is 6.25. The lowest BCUT2D eigenvalue weighted by molar-refractivity contribution is 0.156. The number of fused-ring (bicyclic) bond motifs is 1. The Morgan fingerprint density at radius 2 is 1.74 bits per heavy atom. The standard InChI is InChI=1S/C28H39N3O3/c1-27(2,3)19-7-10-21(11-8-19)29-26(32)30-22-13-14-28(15-16-31(4)25(28)18-22)20-9-12-23(33-5)24(17-20)34-6/h7-12,17,22,25H,13-16,18H2,1-6H3,(H2,29,30,32)/t22-,25+,28+/m1/s1. The number of benzene rings is 2. The molecule has 34 heavy (non-hydrogen) atoms. The van der Waals surface area contributed by atoms with E-state index in [9.17, 15) is 4.79 Å². The van der Waals surface area contributed by atoms with E-state index < -0.39 is 0 Å². The summed E-state index contributed by atoms with van der Waals surface area (Å²) in [6, 6.07) is 14.9. The molecule has 6 nitrogen and oxygen atoms in total. The molecule has 2 aromatic carbocycles. The van der Waals surface area contributed by atoms with Crippen molar-refractivity contribution in [1.29, 1.82) is 0 Å². The van der Waals surface area contributed by atoms with Crippen LogP contribution in [0.3, 0.4) is 0 Å². The number of likely N-dealkylation sites (N-methyl/N-ethyl adjacent to an activating group) is 1. The number of hydrogen-bond acceptors (Lipinski definition) is 4. The first kappa shape index (κ1) is 24.4. The van der Waals surface area contributed by atoms with Gasteiger partial charge in [0.2, 0.25) is 0 Å². The number of ether oxygens (including phenoxy) is 2. The van der Waals surface area contributed by atoms with Crippen molar-refractivity contribution < 1.29 is 14.3 Å². The Morgan fingerprint density at radius 1 is 1.03 bits per heavy atom. The highest BCUT2D eigenvalue weighted by molar-refractivity contribution is 5.89. The number of carbonyl (C=O) groups excluding carboxylic acids is 1. The summed E-state index contributed by atoms with van der Waals surface area (Å²) < 4.78 is 11.0. The van der Waals surface area contributed by atoms with Gasteiger partial charge in [0, 0.05) is 23.2 Å². The quantitative estimate of drug-likeness (QED) is 0.628. The number of likely N-dealkylation sites (tertiary alicyclic amines) is 1. The average molecular weight is 466 g/mol. The number of nitrogens with one attached hydrogen (secondary N) is 2. The first-order valence-corrected chi connectivity index (χ1v) is 12.3. The molecule has 1 aliphatic carbocycles. The van der Waals surface area contributed by atoms with Crippen molar-refractivity contribution in [3.05, 3.63) is 53.6 Å². The Morgan fingerprint density at radius 3 is 2.38 bits per heavy atom. The summed E-state index contributed by atoms with van der Waals surface area (Å²) in [5.74, 6) is 1.54. The molecule has 2 aliphatic rings. The van der Waals surface area contributed by atoms with Gasteiger partial charge in [-0.2, -0.15) is 0 Å². The molecule has 2 aromatic rings. The predicted molar refractivity (Wildman–Crippen MR) is 137 cm³/mol. The fourth-order valence-electron chi connectivity index (χ4n) is 5.80. The molecule has 0 unspecified atom stereocenters. The summed E-state index contributed by atoms with van der Waals surface area (Å²) in [7, 11) is 5.56. The number of hydrogen-bond donors (Lipinski definition) is 2. The number of rotatable bonds is 5. The van der Waals surface area contributed by atoms with Crippen molar-refractivity contribution in [1.82, 2.24) is 10.2 Å². The summed E-state index contributed by atoms with van der Waals surface area (Å²) in [6.45, 7) is 7.62. The second-order valence-electron chi connectivity index (χ2n) is 10.9. The highest BCUT2D eigenvalue weighted by atomic mass is 16.5. The minimum absolute atomic E-state index is 0.0751. The van der Waals surface area contributed by atoms with Crippen LogP contribution in [0.1, 0.15) is 57.6 Å². The van der Waals surface area contributed by atoms with E-state index >= 15 is 0 Å². The van der Waals surface area contributed by atoms with Crippen molar-refractivity contribution in [2.24, 2.45) is 0 Å². The van der Waals surface area contributed by atoms with E-state index in [2.05, 4.69) is 67.6 Å². The maximum atomic E-state index is 12.8. The van der Waals surface area contributed by atoms with Gasteiger partial charge in [-0.3, -0.25) is 0 Å². The Hall–Kier alpha value is -2.73. The average Bonchev–Trinajstić information content (AvgIpc) is 3.15. The monoisotopic (exact) mass is 465 g/mol. The number of urea groups is 1. The van der Waals surface area contributed by atoms with E-state index in [1.807, 2.05) is 18.2 Å². The third kappa shape index (κ3) is 4.74. The Bertz CT molecular complexity index is 1010. The molecule has 1 saturated carbocycles. The van der Waals surface area contributed by atoms with Crippen molar-refractivity contribution >= 4 is 11.7 Å². The first-order valence-electron chi connectivity index (χ1n) is 12.3. The number of carbonyl (C=O) groups is 1. The van der Waals surface area contributed by atoms with Crippen molar-refractivity contribution in [2.75, 3.05) is 33.1 Å². The molecule has 184 valence electrons. The van der Waals surface area contributed by atoms with Gasteiger partial charge in [0.15, 0.2) is 11.5 Å². The molecule has 1 aliphatic heterocycles. The summed E-state index contributed by atoms with van der Waals surface area (Å²) in [4.78, 5) is 15.2. The molecule has 1 heterocycles. The SMILES string of the molecule is COc1ccc([C@@]23CC[C@@H](NC(=O)Nc4ccc(C(C)(C)C)cc4)C[C@@H]2N(C)CC3)cc1OC. The van der Waals surface area contributed by atoms with Crippen molar-refractivity contribution in [3.8, 4) is 11.5 Å². The molecular formula is C28H39N3O3.